The Morgan fingerprint density at radius 2 is 1.29 bits per heavy atom. The molecule has 122 valence electrons. The van der Waals surface area contributed by atoms with E-state index in [0.717, 1.165) is 0 Å². The van der Waals surface area contributed by atoms with Gasteiger partial charge in [0.25, 0.3) is 0 Å². The van der Waals surface area contributed by atoms with Crippen LogP contribution < -0.4 is 9.47 Å². The van der Waals surface area contributed by atoms with Gasteiger partial charge in [0.05, 0.1) is 11.1 Å². The van der Waals surface area contributed by atoms with Gasteiger partial charge in [-0.3, -0.25) is 0 Å². The van der Waals surface area contributed by atoms with E-state index in [1.807, 2.05) is 0 Å². The number of hydrogen-bond acceptors (Lipinski definition) is 5. The lowest BCUT2D eigenvalue weighted by molar-refractivity contribution is -0.130. The lowest BCUT2D eigenvalue weighted by Gasteiger charge is -2.06. The summed E-state index contributed by atoms with van der Waals surface area (Å²) in [4.78, 5) is 34.2. The molecule has 6 heteroatoms. The molecule has 0 aliphatic heterocycles. The summed E-state index contributed by atoms with van der Waals surface area (Å²) in [6.45, 7) is 5.01. The first kappa shape index (κ1) is 17.0. The molecule has 0 radical (unpaired) electrons. The summed E-state index contributed by atoms with van der Waals surface area (Å²) < 4.78 is 10.2. The van der Waals surface area contributed by atoms with E-state index in [2.05, 4.69) is 6.58 Å². The second kappa shape index (κ2) is 7.23. The summed E-state index contributed by atoms with van der Waals surface area (Å²) in [5.41, 5.74) is 0.620. The Balaban J connectivity index is 2.03. The minimum Gasteiger partial charge on any atom is -0.478 e. The number of carbonyl (C=O) groups is 3. The predicted molar refractivity (Wildman–Crippen MR) is 85.3 cm³/mol. The van der Waals surface area contributed by atoms with E-state index in [0.29, 0.717) is 0 Å². The molecule has 24 heavy (non-hydrogen) atoms. The van der Waals surface area contributed by atoms with Gasteiger partial charge in [-0.15, -0.1) is 0 Å². The number of benzene rings is 2. The number of carbonyl (C=O) groups excluding carboxylic acids is 2. The van der Waals surface area contributed by atoms with Crippen LogP contribution in [-0.2, 0) is 4.79 Å². The first-order valence-corrected chi connectivity index (χ1v) is 6.90. The molecule has 0 aliphatic carbocycles. The van der Waals surface area contributed by atoms with Crippen LogP contribution >= 0.6 is 0 Å². The van der Waals surface area contributed by atoms with Crippen LogP contribution in [0.2, 0.25) is 0 Å². The van der Waals surface area contributed by atoms with Gasteiger partial charge in [0.15, 0.2) is 0 Å². The summed E-state index contributed by atoms with van der Waals surface area (Å²) in [6, 6.07) is 11.3. The first-order chi connectivity index (χ1) is 11.4. The van der Waals surface area contributed by atoms with Crippen LogP contribution in [0.15, 0.2) is 60.7 Å². The van der Waals surface area contributed by atoms with Crippen molar-refractivity contribution in [2.24, 2.45) is 0 Å². The van der Waals surface area contributed by atoms with Crippen molar-refractivity contribution in [2.45, 2.75) is 6.92 Å². The smallest absolute Gasteiger partial charge is 0.343 e. The van der Waals surface area contributed by atoms with Crippen LogP contribution in [-0.4, -0.2) is 23.0 Å². The summed E-state index contributed by atoms with van der Waals surface area (Å²) >= 11 is 0. The second-order valence-corrected chi connectivity index (χ2v) is 4.91. The standard InChI is InChI=1S/C18H14O6/c1-11(2)17(21)23-14-9-5-13(6-10-14)18(22)24-15-7-3-12(4-8-15)16(19)20/h3-10H,1H2,2H3,(H,19,20). The second-order valence-electron chi connectivity index (χ2n) is 4.91. The highest BCUT2D eigenvalue weighted by atomic mass is 16.5. The minimum atomic E-state index is -1.06. The van der Waals surface area contributed by atoms with E-state index >= 15 is 0 Å². The summed E-state index contributed by atoms with van der Waals surface area (Å²) in [6.07, 6.45) is 0. The normalized spacial score (nSPS) is 9.88. The largest absolute Gasteiger partial charge is 0.478 e. The third kappa shape index (κ3) is 4.30. The molecule has 0 heterocycles. The van der Waals surface area contributed by atoms with Gasteiger partial charge in [-0.1, -0.05) is 6.58 Å². The van der Waals surface area contributed by atoms with Crippen molar-refractivity contribution >= 4 is 17.9 Å². The molecular weight excluding hydrogens is 312 g/mol. The molecule has 0 amide bonds. The topological polar surface area (TPSA) is 89.9 Å². The van der Waals surface area contributed by atoms with Crippen molar-refractivity contribution in [3.63, 3.8) is 0 Å². The van der Waals surface area contributed by atoms with Crippen LogP contribution in [0.25, 0.3) is 0 Å². The van der Waals surface area contributed by atoms with Crippen LogP contribution in [0.3, 0.4) is 0 Å². The van der Waals surface area contributed by atoms with Crippen molar-refractivity contribution in [1.29, 1.82) is 0 Å². The fraction of sp³-hybridized carbons (Fsp3) is 0.0556. The van der Waals surface area contributed by atoms with Gasteiger partial charge in [-0.2, -0.15) is 0 Å². The zero-order chi connectivity index (χ0) is 17.7. The fourth-order valence-corrected chi connectivity index (χ4v) is 1.68. The van der Waals surface area contributed by atoms with E-state index in [4.69, 9.17) is 14.6 Å². The molecule has 2 rings (SSSR count). The summed E-state index contributed by atoms with van der Waals surface area (Å²) in [5.74, 6) is -1.72. The molecule has 0 saturated carbocycles. The molecule has 0 fully saturated rings. The highest BCUT2D eigenvalue weighted by Crippen LogP contribution is 2.17. The average Bonchev–Trinajstić information content (AvgIpc) is 2.55. The third-order valence-corrected chi connectivity index (χ3v) is 2.96. The van der Waals surface area contributed by atoms with Gasteiger partial charge in [0.2, 0.25) is 0 Å². The Morgan fingerprint density at radius 3 is 1.75 bits per heavy atom. The Morgan fingerprint density at radius 1 is 0.833 bits per heavy atom. The molecule has 0 aromatic heterocycles. The minimum absolute atomic E-state index is 0.0958. The molecule has 0 bridgehead atoms. The van der Waals surface area contributed by atoms with Gasteiger partial charge in [-0.25, -0.2) is 14.4 Å². The molecule has 1 N–H and O–H groups in total. The monoisotopic (exact) mass is 326 g/mol. The maximum atomic E-state index is 12.0. The Kier molecular flexibility index (Phi) is 5.11. The first-order valence-electron chi connectivity index (χ1n) is 6.90. The predicted octanol–water partition coefficient (Wildman–Crippen LogP) is 3.09. The van der Waals surface area contributed by atoms with Gasteiger partial charge < -0.3 is 14.6 Å². The van der Waals surface area contributed by atoms with E-state index in [9.17, 15) is 14.4 Å². The van der Waals surface area contributed by atoms with E-state index in [-0.39, 0.29) is 28.2 Å². The van der Waals surface area contributed by atoms with Gasteiger partial charge in [0.1, 0.15) is 11.5 Å². The Hall–Kier alpha value is -3.41. The number of carboxylic acid groups (broad SMARTS) is 1. The zero-order valence-electron chi connectivity index (χ0n) is 12.8. The molecule has 6 nitrogen and oxygen atoms in total. The van der Waals surface area contributed by atoms with E-state index in [1.165, 1.54) is 55.5 Å². The molecule has 0 saturated heterocycles. The van der Waals surface area contributed by atoms with Crippen molar-refractivity contribution in [1.82, 2.24) is 0 Å². The van der Waals surface area contributed by atoms with Gasteiger partial charge in [0, 0.05) is 5.57 Å². The maximum Gasteiger partial charge on any atom is 0.343 e. The molecule has 0 spiro atoms. The summed E-state index contributed by atoms with van der Waals surface area (Å²) in [5, 5.41) is 8.81. The number of aromatic carboxylic acids is 1. The van der Waals surface area contributed by atoms with Crippen molar-refractivity contribution in [3.05, 3.63) is 71.8 Å². The van der Waals surface area contributed by atoms with Crippen molar-refractivity contribution < 1.29 is 29.0 Å². The molecule has 0 aliphatic rings. The third-order valence-electron chi connectivity index (χ3n) is 2.96. The number of esters is 2. The SMILES string of the molecule is C=C(C)C(=O)Oc1ccc(C(=O)Oc2ccc(C(=O)O)cc2)cc1. The highest BCUT2D eigenvalue weighted by Gasteiger charge is 2.11. The lowest BCUT2D eigenvalue weighted by atomic mass is 10.2. The number of rotatable bonds is 5. The van der Waals surface area contributed by atoms with Gasteiger partial charge >= 0.3 is 17.9 Å². The number of hydrogen-bond donors (Lipinski definition) is 1. The van der Waals surface area contributed by atoms with Crippen molar-refractivity contribution in [2.75, 3.05) is 0 Å². The Labute approximate surface area is 137 Å². The zero-order valence-corrected chi connectivity index (χ0v) is 12.8. The van der Waals surface area contributed by atoms with E-state index < -0.39 is 17.9 Å². The van der Waals surface area contributed by atoms with Crippen LogP contribution in [0.5, 0.6) is 11.5 Å². The van der Waals surface area contributed by atoms with Gasteiger partial charge in [-0.05, 0) is 55.5 Å². The quantitative estimate of drug-likeness (QED) is 0.516. The maximum absolute atomic E-state index is 12.0. The molecule has 0 unspecified atom stereocenters. The Bertz CT molecular complexity index is 787. The van der Waals surface area contributed by atoms with E-state index in [1.54, 1.807) is 0 Å². The van der Waals surface area contributed by atoms with Crippen LogP contribution in [0.4, 0.5) is 0 Å². The highest BCUT2D eigenvalue weighted by molar-refractivity contribution is 5.92. The summed E-state index contributed by atoms with van der Waals surface area (Å²) in [7, 11) is 0. The molecule has 0 atom stereocenters. The molecule has 2 aromatic rings. The molecule has 2 aromatic carbocycles. The molecular formula is C18H14O6. The number of ether oxygens (including phenoxy) is 2. The van der Waals surface area contributed by atoms with Crippen LogP contribution in [0.1, 0.15) is 27.6 Å². The van der Waals surface area contributed by atoms with Crippen LogP contribution in [0, 0.1) is 0 Å². The average molecular weight is 326 g/mol. The van der Waals surface area contributed by atoms with Crippen molar-refractivity contribution in [3.8, 4) is 11.5 Å². The number of carboxylic acids is 1. The fourth-order valence-electron chi connectivity index (χ4n) is 1.68. The lowest BCUT2D eigenvalue weighted by Crippen LogP contribution is -2.10.